The molecule has 0 fully saturated rings. The van der Waals surface area contributed by atoms with Gasteiger partial charge in [0, 0.05) is 15.7 Å². The lowest BCUT2D eigenvalue weighted by atomic mass is 10.1. The van der Waals surface area contributed by atoms with Crippen LogP contribution in [0.25, 0.3) is 0 Å². The van der Waals surface area contributed by atoms with Crippen molar-refractivity contribution >= 4 is 27.6 Å². The molecule has 0 amide bonds. The summed E-state index contributed by atoms with van der Waals surface area (Å²) in [6.45, 7) is 0. The molecule has 2 rings (SSSR count). The number of nitrogens with one attached hydrogen (secondary N) is 1. The predicted octanol–water partition coefficient (Wildman–Crippen LogP) is 3.70. The number of methoxy groups -OCH3 is 1. The van der Waals surface area contributed by atoms with Crippen molar-refractivity contribution in [2.45, 2.75) is 6.04 Å². The molecule has 20 heavy (non-hydrogen) atoms. The maximum absolute atomic E-state index is 11.5. The standard InChI is InChI=1S/C15H14BrNO3/c1-20-13-5-3-2-4-12(13)14(15(18)19)17-11-8-6-10(16)7-9-11/h2-9,14,17H,1H3,(H,18,19). The Morgan fingerprint density at radius 1 is 1.20 bits per heavy atom. The van der Waals surface area contributed by atoms with Gasteiger partial charge in [0.1, 0.15) is 5.75 Å². The van der Waals surface area contributed by atoms with Crippen LogP contribution < -0.4 is 10.1 Å². The van der Waals surface area contributed by atoms with Gasteiger partial charge in [-0.25, -0.2) is 4.79 Å². The number of rotatable bonds is 5. The van der Waals surface area contributed by atoms with Crippen molar-refractivity contribution in [3.63, 3.8) is 0 Å². The molecule has 2 aromatic rings. The van der Waals surface area contributed by atoms with E-state index in [1.54, 1.807) is 24.3 Å². The Bertz CT molecular complexity index is 598. The molecule has 104 valence electrons. The number of carboxylic acid groups (broad SMARTS) is 1. The van der Waals surface area contributed by atoms with Crippen LogP contribution in [-0.2, 0) is 4.79 Å². The monoisotopic (exact) mass is 335 g/mol. The molecule has 0 spiro atoms. The zero-order valence-corrected chi connectivity index (χ0v) is 12.4. The van der Waals surface area contributed by atoms with Crippen LogP contribution in [0.3, 0.4) is 0 Å². The summed E-state index contributed by atoms with van der Waals surface area (Å²) >= 11 is 3.34. The number of carboxylic acids is 1. The SMILES string of the molecule is COc1ccccc1C(Nc1ccc(Br)cc1)C(=O)O. The normalized spacial score (nSPS) is 11.7. The molecule has 0 saturated carbocycles. The fourth-order valence-electron chi connectivity index (χ4n) is 1.89. The lowest BCUT2D eigenvalue weighted by Gasteiger charge is -2.18. The number of hydrogen-bond acceptors (Lipinski definition) is 3. The van der Waals surface area contributed by atoms with Crippen LogP contribution in [-0.4, -0.2) is 18.2 Å². The van der Waals surface area contributed by atoms with Crippen molar-refractivity contribution in [3.05, 3.63) is 58.6 Å². The molecule has 0 aliphatic carbocycles. The highest BCUT2D eigenvalue weighted by molar-refractivity contribution is 9.10. The number of benzene rings is 2. The minimum atomic E-state index is -0.961. The van der Waals surface area contributed by atoms with Crippen LogP contribution >= 0.6 is 15.9 Å². The van der Waals surface area contributed by atoms with Crippen molar-refractivity contribution in [2.75, 3.05) is 12.4 Å². The highest BCUT2D eigenvalue weighted by Gasteiger charge is 2.22. The Morgan fingerprint density at radius 3 is 2.45 bits per heavy atom. The van der Waals surface area contributed by atoms with Crippen LogP contribution in [0.2, 0.25) is 0 Å². The van der Waals surface area contributed by atoms with E-state index in [-0.39, 0.29) is 0 Å². The third-order valence-electron chi connectivity index (χ3n) is 2.85. The van der Waals surface area contributed by atoms with E-state index < -0.39 is 12.0 Å². The summed E-state index contributed by atoms with van der Waals surface area (Å²) in [4.78, 5) is 11.5. The summed E-state index contributed by atoms with van der Waals surface area (Å²) in [5, 5.41) is 12.4. The highest BCUT2D eigenvalue weighted by Crippen LogP contribution is 2.28. The fourth-order valence-corrected chi connectivity index (χ4v) is 2.15. The van der Waals surface area contributed by atoms with Crippen molar-refractivity contribution in [1.82, 2.24) is 0 Å². The van der Waals surface area contributed by atoms with Crippen LogP contribution in [0, 0.1) is 0 Å². The van der Waals surface area contributed by atoms with Gasteiger partial charge in [-0.15, -0.1) is 0 Å². The molecular weight excluding hydrogens is 322 g/mol. The second kappa shape index (κ2) is 6.43. The van der Waals surface area contributed by atoms with Crippen LogP contribution in [0.15, 0.2) is 53.0 Å². The number of halogens is 1. The molecule has 0 aliphatic heterocycles. The van der Waals surface area contributed by atoms with Crippen molar-refractivity contribution < 1.29 is 14.6 Å². The van der Waals surface area contributed by atoms with Crippen LogP contribution in [0.1, 0.15) is 11.6 Å². The van der Waals surface area contributed by atoms with E-state index >= 15 is 0 Å². The van der Waals surface area contributed by atoms with Crippen molar-refractivity contribution in [3.8, 4) is 5.75 Å². The molecule has 2 N–H and O–H groups in total. The van der Waals surface area contributed by atoms with Crippen molar-refractivity contribution in [1.29, 1.82) is 0 Å². The molecule has 1 atom stereocenters. The molecular formula is C15H14BrNO3. The van der Waals surface area contributed by atoms with E-state index in [2.05, 4.69) is 21.2 Å². The minimum absolute atomic E-state index is 0.546. The zero-order chi connectivity index (χ0) is 14.5. The van der Waals surface area contributed by atoms with Gasteiger partial charge in [-0.05, 0) is 30.3 Å². The Hall–Kier alpha value is -2.01. The number of anilines is 1. The first kappa shape index (κ1) is 14.4. The van der Waals surface area contributed by atoms with E-state index in [0.717, 1.165) is 10.2 Å². The first-order chi connectivity index (χ1) is 9.61. The largest absolute Gasteiger partial charge is 0.496 e. The van der Waals surface area contributed by atoms with Gasteiger partial charge < -0.3 is 15.2 Å². The Balaban J connectivity index is 2.32. The van der Waals surface area contributed by atoms with E-state index in [4.69, 9.17) is 4.74 Å². The number of ether oxygens (including phenoxy) is 1. The number of hydrogen-bond donors (Lipinski definition) is 2. The summed E-state index contributed by atoms with van der Waals surface area (Å²) in [7, 11) is 1.53. The zero-order valence-electron chi connectivity index (χ0n) is 10.8. The predicted molar refractivity (Wildman–Crippen MR) is 81.1 cm³/mol. The Morgan fingerprint density at radius 2 is 1.85 bits per heavy atom. The molecule has 4 nitrogen and oxygen atoms in total. The third kappa shape index (κ3) is 3.30. The smallest absolute Gasteiger partial charge is 0.330 e. The minimum Gasteiger partial charge on any atom is -0.496 e. The fraction of sp³-hybridized carbons (Fsp3) is 0.133. The number of para-hydroxylation sites is 1. The molecule has 0 bridgehead atoms. The molecule has 0 heterocycles. The summed E-state index contributed by atoms with van der Waals surface area (Å²) in [5.74, 6) is -0.415. The lowest BCUT2D eigenvalue weighted by molar-refractivity contribution is -0.138. The van der Waals surface area contributed by atoms with Gasteiger partial charge in [0.25, 0.3) is 0 Å². The van der Waals surface area contributed by atoms with Gasteiger partial charge in [0.05, 0.1) is 7.11 Å². The van der Waals surface area contributed by atoms with E-state index in [1.807, 2.05) is 24.3 Å². The Kier molecular flexibility index (Phi) is 4.63. The summed E-state index contributed by atoms with van der Waals surface area (Å²) in [5.41, 5.74) is 1.32. The molecule has 0 radical (unpaired) electrons. The van der Waals surface area contributed by atoms with Crippen LogP contribution in [0.5, 0.6) is 5.75 Å². The quantitative estimate of drug-likeness (QED) is 0.874. The average molecular weight is 336 g/mol. The molecule has 0 aromatic heterocycles. The van der Waals surface area contributed by atoms with E-state index in [0.29, 0.717) is 11.3 Å². The summed E-state index contributed by atoms with van der Waals surface area (Å²) in [6, 6.07) is 13.5. The van der Waals surface area contributed by atoms with Gasteiger partial charge in [0.15, 0.2) is 6.04 Å². The molecule has 5 heteroatoms. The topological polar surface area (TPSA) is 58.6 Å². The Labute approximate surface area is 125 Å². The second-order valence-corrected chi connectivity index (χ2v) is 5.08. The summed E-state index contributed by atoms with van der Waals surface area (Å²) in [6.07, 6.45) is 0. The average Bonchev–Trinajstić information content (AvgIpc) is 2.46. The first-order valence-corrected chi connectivity index (χ1v) is 6.79. The van der Waals surface area contributed by atoms with Gasteiger partial charge >= 0.3 is 5.97 Å². The first-order valence-electron chi connectivity index (χ1n) is 5.99. The lowest BCUT2D eigenvalue weighted by Crippen LogP contribution is -2.21. The summed E-state index contributed by atoms with van der Waals surface area (Å²) < 4.78 is 6.16. The highest BCUT2D eigenvalue weighted by atomic mass is 79.9. The molecule has 1 unspecified atom stereocenters. The number of aliphatic carboxylic acids is 1. The maximum Gasteiger partial charge on any atom is 0.330 e. The van der Waals surface area contributed by atoms with Crippen LogP contribution in [0.4, 0.5) is 5.69 Å². The van der Waals surface area contributed by atoms with E-state index in [1.165, 1.54) is 7.11 Å². The number of carbonyl (C=O) groups is 1. The third-order valence-corrected chi connectivity index (χ3v) is 3.38. The van der Waals surface area contributed by atoms with Crippen molar-refractivity contribution in [2.24, 2.45) is 0 Å². The van der Waals surface area contributed by atoms with Gasteiger partial charge in [-0.3, -0.25) is 0 Å². The second-order valence-electron chi connectivity index (χ2n) is 4.16. The van der Waals surface area contributed by atoms with Gasteiger partial charge in [-0.2, -0.15) is 0 Å². The van der Waals surface area contributed by atoms with E-state index in [9.17, 15) is 9.90 Å². The molecule has 0 saturated heterocycles. The molecule has 2 aromatic carbocycles. The maximum atomic E-state index is 11.5. The van der Waals surface area contributed by atoms with Gasteiger partial charge in [-0.1, -0.05) is 34.1 Å². The molecule has 0 aliphatic rings. The van der Waals surface area contributed by atoms with Gasteiger partial charge in [0.2, 0.25) is 0 Å².